The molecule has 1 aliphatic rings. The van der Waals surface area contributed by atoms with E-state index in [1.54, 1.807) is 0 Å². The molecule has 2 rings (SSSR count). The van der Waals surface area contributed by atoms with Crippen molar-refractivity contribution in [3.05, 3.63) is 29.3 Å². The summed E-state index contributed by atoms with van der Waals surface area (Å²) < 4.78 is 0. The molecule has 0 aromatic heterocycles. The van der Waals surface area contributed by atoms with Gasteiger partial charge in [0.1, 0.15) is 0 Å². The van der Waals surface area contributed by atoms with Crippen LogP contribution < -0.4 is 11.1 Å². The third kappa shape index (κ3) is 3.98. The van der Waals surface area contributed by atoms with Crippen LogP contribution >= 0.6 is 0 Å². The average molecular weight is 260 g/mol. The number of nitrogens with one attached hydrogen (secondary N) is 1. The van der Waals surface area contributed by atoms with Crippen LogP contribution in [0.4, 0.5) is 5.69 Å². The van der Waals surface area contributed by atoms with Crippen molar-refractivity contribution in [1.82, 2.24) is 5.32 Å². The Hall–Kier alpha value is -1.51. The average Bonchev–Trinajstić information content (AvgIpc) is 2.35. The second-order valence-corrected chi connectivity index (χ2v) is 5.61. The number of rotatable bonds is 2. The SMILES string of the molecule is Cc1ccc(N)c(C(=O)NC2CCCCCCC2)c1. The van der Waals surface area contributed by atoms with Gasteiger partial charge in [0.25, 0.3) is 5.91 Å². The van der Waals surface area contributed by atoms with Gasteiger partial charge in [-0.2, -0.15) is 0 Å². The Labute approximate surface area is 115 Å². The van der Waals surface area contributed by atoms with E-state index in [0.717, 1.165) is 18.4 Å². The highest BCUT2D eigenvalue weighted by Gasteiger charge is 2.16. The lowest BCUT2D eigenvalue weighted by atomic mass is 9.96. The van der Waals surface area contributed by atoms with Crippen LogP contribution in [0.1, 0.15) is 60.9 Å². The highest BCUT2D eigenvalue weighted by Crippen LogP contribution is 2.19. The van der Waals surface area contributed by atoms with Gasteiger partial charge in [-0.3, -0.25) is 4.79 Å². The zero-order valence-electron chi connectivity index (χ0n) is 11.7. The van der Waals surface area contributed by atoms with Crippen LogP contribution in [0.25, 0.3) is 0 Å². The first-order valence-corrected chi connectivity index (χ1v) is 7.34. The molecule has 3 N–H and O–H groups in total. The van der Waals surface area contributed by atoms with Crippen molar-refractivity contribution in [1.29, 1.82) is 0 Å². The van der Waals surface area contributed by atoms with Gasteiger partial charge >= 0.3 is 0 Å². The topological polar surface area (TPSA) is 55.1 Å². The fourth-order valence-electron chi connectivity index (χ4n) is 2.73. The molecule has 0 heterocycles. The van der Waals surface area contributed by atoms with E-state index in [1.165, 1.54) is 32.1 Å². The second kappa shape index (κ2) is 6.60. The molecule has 3 nitrogen and oxygen atoms in total. The van der Waals surface area contributed by atoms with Crippen LogP contribution in [0.3, 0.4) is 0 Å². The van der Waals surface area contributed by atoms with Gasteiger partial charge in [-0.25, -0.2) is 0 Å². The quantitative estimate of drug-likeness (QED) is 0.800. The fraction of sp³-hybridized carbons (Fsp3) is 0.562. The molecule has 1 amide bonds. The molecule has 0 aliphatic heterocycles. The summed E-state index contributed by atoms with van der Waals surface area (Å²) in [6.07, 6.45) is 8.54. The van der Waals surface area contributed by atoms with Crippen molar-refractivity contribution in [2.75, 3.05) is 5.73 Å². The summed E-state index contributed by atoms with van der Waals surface area (Å²) in [5.41, 5.74) is 8.13. The summed E-state index contributed by atoms with van der Waals surface area (Å²) in [6.45, 7) is 1.98. The van der Waals surface area contributed by atoms with E-state index in [1.807, 2.05) is 25.1 Å². The van der Waals surface area contributed by atoms with Crippen LogP contribution in [0.5, 0.6) is 0 Å². The standard InChI is InChI=1S/C16H24N2O/c1-12-9-10-15(17)14(11-12)16(19)18-13-7-5-3-2-4-6-8-13/h9-11,13H,2-8,17H2,1H3,(H,18,19). The summed E-state index contributed by atoms with van der Waals surface area (Å²) >= 11 is 0. The Bertz CT molecular complexity index is 434. The van der Waals surface area contributed by atoms with Gasteiger partial charge in [0.15, 0.2) is 0 Å². The first-order valence-electron chi connectivity index (χ1n) is 7.34. The molecule has 1 aromatic rings. The summed E-state index contributed by atoms with van der Waals surface area (Å²) in [5.74, 6) is -0.0215. The largest absolute Gasteiger partial charge is 0.398 e. The first kappa shape index (κ1) is 13.9. The van der Waals surface area contributed by atoms with Crippen molar-refractivity contribution in [3.8, 4) is 0 Å². The van der Waals surface area contributed by atoms with E-state index < -0.39 is 0 Å². The highest BCUT2D eigenvalue weighted by molar-refractivity contribution is 5.99. The number of hydrogen-bond donors (Lipinski definition) is 2. The molecule has 1 aliphatic carbocycles. The van der Waals surface area contributed by atoms with Gasteiger partial charge in [0.2, 0.25) is 0 Å². The predicted octanol–water partition coefficient (Wildman–Crippen LogP) is 3.42. The van der Waals surface area contributed by atoms with E-state index >= 15 is 0 Å². The fourth-order valence-corrected chi connectivity index (χ4v) is 2.73. The lowest BCUT2D eigenvalue weighted by Crippen LogP contribution is -2.35. The molecule has 19 heavy (non-hydrogen) atoms. The minimum absolute atomic E-state index is 0.0215. The summed E-state index contributed by atoms with van der Waals surface area (Å²) in [6, 6.07) is 5.92. The molecule has 1 aromatic carbocycles. The third-order valence-electron chi connectivity index (χ3n) is 3.89. The predicted molar refractivity (Wildman–Crippen MR) is 79.2 cm³/mol. The maximum absolute atomic E-state index is 12.3. The molecule has 0 spiro atoms. The lowest BCUT2D eigenvalue weighted by Gasteiger charge is -2.21. The van der Waals surface area contributed by atoms with E-state index in [-0.39, 0.29) is 5.91 Å². The molecule has 3 heteroatoms. The van der Waals surface area contributed by atoms with Crippen molar-refractivity contribution in [2.24, 2.45) is 0 Å². The molecule has 0 atom stereocenters. The number of hydrogen-bond acceptors (Lipinski definition) is 2. The zero-order valence-corrected chi connectivity index (χ0v) is 11.7. The lowest BCUT2D eigenvalue weighted by molar-refractivity contribution is 0.0931. The van der Waals surface area contributed by atoms with E-state index in [2.05, 4.69) is 5.32 Å². The Kier molecular flexibility index (Phi) is 4.83. The van der Waals surface area contributed by atoms with Crippen LogP contribution in [-0.2, 0) is 0 Å². The number of anilines is 1. The third-order valence-corrected chi connectivity index (χ3v) is 3.89. The van der Waals surface area contributed by atoms with Crippen molar-refractivity contribution in [3.63, 3.8) is 0 Å². The van der Waals surface area contributed by atoms with E-state index in [4.69, 9.17) is 5.73 Å². The Balaban J connectivity index is 2.00. The van der Waals surface area contributed by atoms with Gasteiger partial charge in [-0.1, -0.05) is 43.7 Å². The maximum Gasteiger partial charge on any atom is 0.253 e. The van der Waals surface area contributed by atoms with E-state index in [9.17, 15) is 4.79 Å². The van der Waals surface area contributed by atoms with Gasteiger partial charge in [-0.15, -0.1) is 0 Å². The normalized spacial score (nSPS) is 17.5. The number of amides is 1. The first-order chi connectivity index (χ1) is 9.16. The molecular formula is C16H24N2O. The number of aryl methyl sites for hydroxylation is 1. The number of carbonyl (C=O) groups is 1. The number of nitrogens with two attached hydrogens (primary N) is 1. The minimum atomic E-state index is -0.0215. The summed E-state index contributed by atoms with van der Waals surface area (Å²) in [4.78, 5) is 12.3. The monoisotopic (exact) mass is 260 g/mol. The molecule has 0 bridgehead atoms. The van der Waals surface area contributed by atoms with Crippen LogP contribution in [-0.4, -0.2) is 11.9 Å². The molecule has 1 saturated carbocycles. The van der Waals surface area contributed by atoms with Crippen molar-refractivity contribution in [2.45, 2.75) is 57.9 Å². The molecule has 0 saturated heterocycles. The number of benzene rings is 1. The van der Waals surface area contributed by atoms with Crippen LogP contribution in [0.2, 0.25) is 0 Å². The molecule has 104 valence electrons. The minimum Gasteiger partial charge on any atom is -0.398 e. The summed E-state index contributed by atoms with van der Waals surface area (Å²) in [7, 11) is 0. The number of nitrogen functional groups attached to an aromatic ring is 1. The Morgan fingerprint density at radius 1 is 1.16 bits per heavy atom. The van der Waals surface area contributed by atoms with Gasteiger partial charge in [0.05, 0.1) is 5.56 Å². The summed E-state index contributed by atoms with van der Waals surface area (Å²) in [5, 5.41) is 3.15. The van der Waals surface area contributed by atoms with Crippen LogP contribution in [0.15, 0.2) is 18.2 Å². The van der Waals surface area contributed by atoms with Gasteiger partial charge < -0.3 is 11.1 Å². The van der Waals surface area contributed by atoms with Gasteiger partial charge in [0, 0.05) is 11.7 Å². The van der Waals surface area contributed by atoms with E-state index in [0.29, 0.717) is 17.3 Å². The van der Waals surface area contributed by atoms with Crippen LogP contribution in [0, 0.1) is 6.92 Å². The Morgan fingerprint density at radius 2 is 1.79 bits per heavy atom. The zero-order chi connectivity index (χ0) is 13.7. The van der Waals surface area contributed by atoms with Crippen molar-refractivity contribution < 1.29 is 4.79 Å². The number of carbonyl (C=O) groups excluding carboxylic acids is 1. The second-order valence-electron chi connectivity index (χ2n) is 5.61. The van der Waals surface area contributed by atoms with Crippen molar-refractivity contribution >= 4 is 11.6 Å². The maximum atomic E-state index is 12.3. The molecule has 0 radical (unpaired) electrons. The smallest absolute Gasteiger partial charge is 0.253 e. The highest BCUT2D eigenvalue weighted by atomic mass is 16.1. The molecule has 0 unspecified atom stereocenters. The molecule has 1 fully saturated rings. The Morgan fingerprint density at radius 3 is 2.47 bits per heavy atom. The van der Waals surface area contributed by atoms with Gasteiger partial charge in [-0.05, 0) is 31.9 Å². The molecular weight excluding hydrogens is 236 g/mol.